The molecule has 11 heavy (non-hydrogen) atoms. The van der Waals surface area contributed by atoms with Crippen LogP contribution >= 0.6 is 0 Å². The molecule has 2 N–H and O–H groups in total. The zero-order valence-electron chi connectivity index (χ0n) is 9.22. The van der Waals surface area contributed by atoms with Gasteiger partial charge in [0, 0.05) is 30.2 Å². The van der Waals surface area contributed by atoms with Crippen LogP contribution in [0.5, 0.6) is 0 Å². The average Bonchev–Trinajstić information content (AvgIpc) is 2.49. The number of amides is 2. The van der Waals surface area contributed by atoms with Crippen LogP contribution in [0.15, 0.2) is 0 Å². The smallest absolute Gasteiger partial charge is 0.314 e. The van der Waals surface area contributed by atoms with E-state index in [2.05, 4.69) is 5.32 Å². The summed E-state index contributed by atoms with van der Waals surface area (Å²) >= 11 is 0. The maximum Gasteiger partial charge on any atom is 0.314 e. The van der Waals surface area contributed by atoms with Gasteiger partial charge in [-0.2, -0.15) is 0 Å². The van der Waals surface area contributed by atoms with E-state index in [1.54, 1.807) is 0 Å². The van der Waals surface area contributed by atoms with E-state index in [0.717, 1.165) is 6.42 Å². The fraction of sp³-hybridized carbons (Fsp3) is 0.857. The molecule has 4 nitrogen and oxygen atoms in total. The largest absolute Gasteiger partial charge is 0.381 e. The number of carbonyl (C=O) groups excluding carboxylic acids is 1. The molecule has 1 unspecified atom stereocenters. The Kier molecular flexibility index (Phi) is 1.89. The molecule has 0 radical (unpaired) electrons. The number of hydrogen-bond donors (Lipinski definition) is 2. The molecule has 0 aromatic heterocycles. The van der Waals surface area contributed by atoms with Gasteiger partial charge in [0.15, 0.2) is 0 Å². The number of rotatable bonds is 2. The second kappa shape index (κ2) is 4.18. The van der Waals surface area contributed by atoms with Crippen molar-refractivity contribution >= 4 is 6.03 Å². The van der Waals surface area contributed by atoms with Crippen LogP contribution < -0.4 is 10.6 Å². The molecule has 0 aliphatic carbocycles. The van der Waals surface area contributed by atoms with Gasteiger partial charge < -0.3 is 15.4 Å². The van der Waals surface area contributed by atoms with Gasteiger partial charge >= 0.3 is 6.03 Å². The predicted molar refractivity (Wildman–Crippen MR) is 41.4 cm³/mol. The van der Waals surface area contributed by atoms with Crippen LogP contribution in [0.1, 0.15) is 10.5 Å². The molecule has 1 atom stereocenters. The Hall–Kier alpha value is -0.770. The van der Waals surface area contributed by atoms with Crippen molar-refractivity contribution in [3.63, 3.8) is 0 Å². The third-order valence-electron chi connectivity index (χ3n) is 1.69. The summed E-state index contributed by atoms with van der Waals surface area (Å²) in [5.74, 6) is 0.303. The molecule has 2 amide bonds. The zero-order chi connectivity index (χ0) is 10.6. The third kappa shape index (κ3) is 2.76. The molecule has 0 bridgehead atoms. The van der Waals surface area contributed by atoms with Crippen molar-refractivity contribution < 1.29 is 13.6 Å². The van der Waals surface area contributed by atoms with Crippen molar-refractivity contribution in [1.82, 2.24) is 10.6 Å². The molecule has 0 saturated carbocycles. The Morgan fingerprint density at radius 1 is 1.91 bits per heavy atom. The highest BCUT2D eigenvalue weighted by Crippen LogP contribution is 2.10. The quantitative estimate of drug-likeness (QED) is 0.596. The Labute approximate surface area is 70.5 Å². The van der Waals surface area contributed by atoms with Crippen molar-refractivity contribution in [3.8, 4) is 0 Å². The summed E-state index contributed by atoms with van der Waals surface area (Å²) in [6.07, 6.45) is 0.911. The van der Waals surface area contributed by atoms with Gasteiger partial charge in [0.1, 0.15) is 0 Å². The summed E-state index contributed by atoms with van der Waals surface area (Å²) in [6, 6.07) is -0.656. The number of hydrogen-bond acceptors (Lipinski definition) is 2. The van der Waals surface area contributed by atoms with E-state index in [9.17, 15) is 4.79 Å². The van der Waals surface area contributed by atoms with E-state index in [4.69, 9.17) is 8.85 Å². The molecule has 1 rings (SSSR count). The minimum atomic E-state index is -2.42. The molecule has 1 fully saturated rings. The Bertz CT molecular complexity index is 202. The van der Waals surface area contributed by atoms with Crippen LogP contribution in [0.3, 0.4) is 0 Å². The molecular formula is C7H14N2O2. The summed E-state index contributed by atoms with van der Waals surface area (Å²) in [5.41, 5.74) is 0. The lowest BCUT2D eigenvalue weighted by atomic mass is 10.1. The Balaban J connectivity index is 2.14. The third-order valence-corrected chi connectivity index (χ3v) is 1.69. The average molecular weight is 161 g/mol. The van der Waals surface area contributed by atoms with E-state index < -0.39 is 13.0 Å². The second-order valence-electron chi connectivity index (χ2n) is 2.56. The van der Waals surface area contributed by atoms with E-state index >= 15 is 0 Å². The maximum absolute atomic E-state index is 11.0. The first-order valence-corrected chi connectivity index (χ1v) is 3.61. The van der Waals surface area contributed by atoms with E-state index in [0.29, 0.717) is 25.7 Å². The van der Waals surface area contributed by atoms with Gasteiger partial charge in [-0.05, 0) is 6.42 Å². The first kappa shape index (κ1) is 4.98. The SMILES string of the molecule is [2H]C([2H])([2H])NC(=O)NCC1CCOC1. The standard InChI is InChI=1S/C7H14N2O2/c1-8-7(10)9-4-6-2-3-11-5-6/h6H,2-5H2,1H3,(H2,8,9,10)/i1D3. The zero-order valence-corrected chi connectivity index (χ0v) is 6.22. The van der Waals surface area contributed by atoms with Crippen molar-refractivity contribution in [2.75, 3.05) is 26.7 Å². The van der Waals surface area contributed by atoms with Crippen LogP contribution in [0.2, 0.25) is 0 Å². The molecule has 1 heterocycles. The van der Waals surface area contributed by atoms with Crippen LogP contribution in [-0.4, -0.2) is 32.8 Å². The summed E-state index contributed by atoms with van der Waals surface area (Å²) in [5, 5.41) is 4.34. The van der Waals surface area contributed by atoms with E-state index in [1.165, 1.54) is 0 Å². The molecule has 1 aliphatic rings. The van der Waals surface area contributed by atoms with Gasteiger partial charge in [0.25, 0.3) is 0 Å². The summed E-state index contributed by atoms with van der Waals surface area (Å²) < 4.78 is 25.5. The van der Waals surface area contributed by atoms with Gasteiger partial charge in [0.05, 0.1) is 6.61 Å². The molecule has 1 saturated heterocycles. The van der Waals surface area contributed by atoms with E-state index in [-0.39, 0.29) is 0 Å². The lowest BCUT2D eigenvalue weighted by Crippen LogP contribution is -2.36. The fourth-order valence-corrected chi connectivity index (χ4v) is 1.03. The highest BCUT2D eigenvalue weighted by atomic mass is 16.5. The fourth-order valence-electron chi connectivity index (χ4n) is 1.03. The summed E-state index contributed by atoms with van der Waals surface area (Å²) in [6.45, 7) is -0.612. The highest BCUT2D eigenvalue weighted by molar-refractivity contribution is 5.73. The van der Waals surface area contributed by atoms with Crippen molar-refractivity contribution in [2.24, 2.45) is 5.92 Å². The minimum Gasteiger partial charge on any atom is -0.381 e. The number of nitrogens with one attached hydrogen (secondary N) is 2. The first-order valence-electron chi connectivity index (χ1n) is 5.11. The van der Waals surface area contributed by atoms with E-state index in [1.807, 2.05) is 5.32 Å². The lowest BCUT2D eigenvalue weighted by molar-refractivity contribution is 0.185. The number of carbonyl (C=O) groups is 1. The van der Waals surface area contributed by atoms with Crippen molar-refractivity contribution in [3.05, 3.63) is 0 Å². The minimum absolute atomic E-state index is 0.303. The monoisotopic (exact) mass is 161 g/mol. The van der Waals surface area contributed by atoms with Gasteiger partial charge in [-0.25, -0.2) is 4.79 Å². The number of ether oxygens (including phenoxy) is 1. The molecule has 1 aliphatic heterocycles. The van der Waals surface area contributed by atoms with Crippen LogP contribution in [-0.2, 0) is 4.74 Å². The van der Waals surface area contributed by atoms with Crippen molar-refractivity contribution in [2.45, 2.75) is 6.42 Å². The molecule has 0 spiro atoms. The van der Waals surface area contributed by atoms with Crippen LogP contribution in [0.25, 0.3) is 0 Å². The summed E-state index contributed by atoms with van der Waals surface area (Å²) in [7, 11) is 0. The predicted octanol–water partition coefficient (Wildman–Crippen LogP) is -0.0481. The lowest BCUT2D eigenvalue weighted by Gasteiger charge is -2.07. The van der Waals surface area contributed by atoms with Gasteiger partial charge in [0.2, 0.25) is 0 Å². The Morgan fingerprint density at radius 3 is 3.45 bits per heavy atom. The van der Waals surface area contributed by atoms with Crippen LogP contribution in [0.4, 0.5) is 4.79 Å². The molecular weight excluding hydrogens is 144 g/mol. The second-order valence-corrected chi connectivity index (χ2v) is 2.56. The normalized spacial score (nSPS) is 28.4. The van der Waals surface area contributed by atoms with Crippen molar-refractivity contribution in [1.29, 1.82) is 0 Å². The Morgan fingerprint density at radius 2 is 2.82 bits per heavy atom. The molecule has 4 heteroatoms. The molecule has 0 aromatic rings. The van der Waals surface area contributed by atoms with Gasteiger partial charge in [-0.15, -0.1) is 0 Å². The molecule has 0 aromatic carbocycles. The van der Waals surface area contributed by atoms with Gasteiger partial charge in [-0.3, -0.25) is 0 Å². The molecule has 64 valence electrons. The topological polar surface area (TPSA) is 50.4 Å². The van der Waals surface area contributed by atoms with Crippen LogP contribution in [0, 0.1) is 5.92 Å². The highest BCUT2D eigenvalue weighted by Gasteiger charge is 2.15. The van der Waals surface area contributed by atoms with Gasteiger partial charge in [-0.1, -0.05) is 0 Å². The number of urea groups is 1. The summed E-state index contributed by atoms with van der Waals surface area (Å²) in [4.78, 5) is 11.0. The maximum atomic E-state index is 11.0. The first-order chi connectivity index (χ1) is 6.47.